The molecule has 0 radical (unpaired) electrons. The fourth-order valence-corrected chi connectivity index (χ4v) is 1.76. The Labute approximate surface area is 119 Å². The standard InChI is InChI=1S/C15H21N3O2/c1-15(2,3)18-14(19)10-17-9-12-7-11(8-16)5-6-13(12)20-4/h5-7,17H,9-10H2,1-4H3,(H,18,19). The van der Waals surface area contributed by atoms with Crippen LogP contribution in [0, 0.1) is 11.3 Å². The molecule has 0 aliphatic rings. The molecule has 0 heterocycles. The van der Waals surface area contributed by atoms with E-state index >= 15 is 0 Å². The number of hydrogen-bond acceptors (Lipinski definition) is 4. The lowest BCUT2D eigenvalue weighted by molar-refractivity contribution is -0.121. The summed E-state index contributed by atoms with van der Waals surface area (Å²) in [6, 6.07) is 7.30. The van der Waals surface area contributed by atoms with Crippen LogP contribution >= 0.6 is 0 Å². The van der Waals surface area contributed by atoms with Crippen LogP contribution in [-0.4, -0.2) is 25.1 Å². The zero-order chi connectivity index (χ0) is 15.2. The van der Waals surface area contributed by atoms with Crippen molar-refractivity contribution in [3.05, 3.63) is 29.3 Å². The van der Waals surface area contributed by atoms with Crippen LogP contribution in [0.1, 0.15) is 31.9 Å². The smallest absolute Gasteiger partial charge is 0.234 e. The Kier molecular flexibility index (Phi) is 5.53. The predicted molar refractivity (Wildman–Crippen MR) is 77.3 cm³/mol. The van der Waals surface area contributed by atoms with Crippen molar-refractivity contribution >= 4 is 5.91 Å². The van der Waals surface area contributed by atoms with Gasteiger partial charge in [-0.15, -0.1) is 0 Å². The van der Waals surface area contributed by atoms with Crippen LogP contribution in [0.3, 0.4) is 0 Å². The summed E-state index contributed by atoms with van der Waals surface area (Å²) in [5.74, 6) is 0.639. The molecule has 2 N–H and O–H groups in total. The Hall–Kier alpha value is -2.06. The van der Waals surface area contributed by atoms with Gasteiger partial charge in [0.25, 0.3) is 0 Å². The third kappa shape index (κ3) is 5.29. The van der Waals surface area contributed by atoms with Crippen LogP contribution in [0.15, 0.2) is 18.2 Å². The van der Waals surface area contributed by atoms with Gasteiger partial charge in [0.05, 0.1) is 25.3 Å². The second-order valence-corrected chi connectivity index (χ2v) is 5.54. The second-order valence-electron chi connectivity index (χ2n) is 5.54. The normalized spacial score (nSPS) is 10.8. The number of benzene rings is 1. The molecule has 0 saturated carbocycles. The summed E-state index contributed by atoms with van der Waals surface area (Å²) in [7, 11) is 1.58. The van der Waals surface area contributed by atoms with E-state index < -0.39 is 0 Å². The van der Waals surface area contributed by atoms with Crippen molar-refractivity contribution in [3.63, 3.8) is 0 Å². The molecule has 5 heteroatoms. The van der Waals surface area contributed by atoms with E-state index in [1.54, 1.807) is 25.3 Å². The van der Waals surface area contributed by atoms with Crippen molar-refractivity contribution < 1.29 is 9.53 Å². The lowest BCUT2D eigenvalue weighted by Crippen LogP contribution is -2.44. The van der Waals surface area contributed by atoms with Gasteiger partial charge in [0.2, 0.25) is 5.91 Å². The number of amides is 1. The summed E-state index contributed by atoms with van der Waals surface area (Å²) < 4.78 is 5.23. The van der Waals surface area contributed by atoms with Crippen molar-refractivity contribution in [1.29, 1.82) is 5.26 Å². The van der Waals surface area contributed by atoms with Crippen molar-refractivity contribution in [2.24, 2.45) is 0 Å². The fraction of sp³-hybridized carbons (Fsp3) is 0.467. The van der Waals surface area contributed by atoms with Crippen LogP contribution in [0.25, 0.3) is 0 Å². The number of nitrogens with zero attached hydrogens (tertiary/aromatic N) is 1. The van der Waals surface area contributed by atoms with Crippen molar-refractivity contribution in [2.75, 3.05) is 13.7 Å². The molecular weight excluding hydrogens is 254 g/mol. The number of nitriles is 1. The molecule has 0 saturated heterocycles. The van der Waals surface area contributed by atoms with E-state index in [1.807, 2.05) is 20.8 Å². The third-order valence-electron chi connectivity index (χ3n) is 2.52. The highest BCUT2D eigenvalue weighted by Gasteiger charge is 2.13. The van der Waals surface area contributed by atoms with E-state index in [2.05, 4.69) is 16.7 Å². The predicted octanol–water partition coefficient (Wildman–Crippen LogP) is 1.57. The van der Waals surface area contributed by atoms with Gasteiger partial charge in [0.1, 0.15) is 5.75 Å². The van der Waals surface area contributed by atoms with Gasteiger partial charge in [0, 0.05) is 17.6 Å². The van der Waals surface area contributed by atoms with E-state index in [0.717, 1.165) is 5.56 Å². The minimum Gasteiger partial charge on any atom is -0.496 e. The molecule has 0 bridgehead atoms. The highest BCUT2D eigenvalue weighted by molar-refractivity contribution is 5.78. The van der Waals surface area contributed by atoms with Gasteiger partial charge in [-0.2, -0.15) is 5.26 Å². The largest absolute Gasteiger partial charge is 0.496 e. The number of carbonyl (C=O) groups is 1. The van der Waals surface area contributed by atoms with Crippen molar-refractivity contribution in [3.8, 4) is 11.8 Å². The summed E-state index contributed by atoms with van der Waals surface area (Å²) >= 11 is 0. The molecule has 0 aliphatic carbocycles. The second kappa shape index (κ2) is 6.92. The summed E-state index contributed by atoms with van der Waals surface area (Å²) in [6.45, 7) is 6.49. The molecule has 0 atom stereocenters. The van der Waals surface area contributed by atoms with Crippen LogP contribution in [0.5, 0.6) is 5.75 Å². The quantitative estimate of drug-likeness (QED) is 0.855. The van der Waals surface area contributed by atoms with Crippen molar-refractivity contribution in [1.82, 2.24) is 10.6 Å². The number of ether oxygens (including phenoxy) is 1. The SMILES string of the molecule is COc1ccc(C#N)cc1CNCC(=O)NC(C)(C)C. The number of methoxy groups -OCH3 is 1. The average molecular weight is 275 g/mol. The number of hydrogen-bond donors (Lipinski definition) is 2. The molecule has 0 spiro atoms. The van der Waals surface area contributed by atoms with E-state index in [-0.39, 0.29) is 18.0 Å². The first-order chi connectivity index (χ1) is 9.35. The Bertz CT molecular complexity index is 513. The molecule has 0 aromatic heterocycles. The summed E-state index contributed by atoms with van der Waals surface area (Å²) in [4.78, 5) is 11.7. The molecule has 0 unspecified atom stereocenters. The zero-order valence-corrected chi connectivity index (χ0v) is 12.4. The summed E-state index contributed by atoms with van der Waals surface area (Å²) in [5, 5.41) is 14.8. The molecular formula is C15H21N3O2. The van der Waals surface area contributed by atoms with Crippen LogP contribution < -0.4 is 15.4 Å². The monoisotopic (exact) mass is 275 g/mol. The highest BCUT2D eigenvalue weighted by atomic mass is 16.5. The molecule has 0 fully saturated rings. The van der Waals surface area contributed by atoms with Gasteiger partial charge in [0.15, 0.2) is 0 Å². The average Bonchev–Trinajstić information content (AvgIpc) is 2.36. The van der Waals surface area contributed by atoms with Gasteiger partial charge < -0.3 is 15.4 Å². The first-order valence-electron chi connectivity index (χ1n) is 6.44. The Morgan fingerprint density at radius 1 is 1.40 bits per heavy atom. The Morgan fingerprint density at radius 3 is 2.65 bits per heavy atom. The van der Waals surface area contributed by atoms with E-state index in [1.165, 1.54) is 0 Å². The Balaban J connectivity index is 2.57. The molecule has 1 aromatic rings. The summed E-state index contributed by atoms with van der Waals surface area (Å²) in [6.07, 6.45) is 0. The van der Waals surface area contributed by atoms with E-state index in [9.17, 15) is 4.79 Å². The maximum absolute atomic E-state index is 11.7. The highest BCUT2D eigenvalue weighted by Crippen LogP contribution is 2.19. The molecule has 108 valence electrons. The molecule has 5 nitrogen and oxygen atoms in total. The number of nitrogens with one attached hydrogen (secondary N) is 2. The third-order valence-corrected chi connectivity index (χ3v) is 2.52. The summed E-state index contributed by atoms with van der Waals surface area (Å²) in [5.41, 5.74) is 1.19. The lowest BCUT2D eigenvalue weighted by atomic mass is 10.1. The maximum atomic E-state index is 11.7. The topological polar surface area (TPSA) is 74.1 Å². The van der Waals surface area contributed by atoms with Crippen molar-refractivity contribution in [2.45, 2.75) is 32.9 Å². The van der Waals surface area contributed by atoms with Gasteiger partial charge in [-0.05, 0) is 39.0 Å². The van der Waals surface area contributed by atoms with Crippen LogP contribution in [-0.2, 0) is 11.3 Å². The number of carbonyl (C=O) groups excluding carboxylic acids is 1. The Morgan fingerprint density at radius 2 is 2.10 bits per heavy atom. The fourth-order valence-electron chi connectivity index (χ4n) is 1.76. The van der Waals surface area contributed by atoms with E-state index in [4.69, 9.17) is 10.00 Å². The zero-order valence-electron chi connectivity index (χ0n) is 12.4. The lowest BCUT2D eigenvalue weighted by Gasteiger charge is -2.20. The van der Waals surface area contributed by atoms with Crippen LogP contribution in [0.4, 0.5) is 0 Å². The number of rotatable bonds is 5. The first-order valence-corrected chi connectivity index (χ1v) is 6.44. The minimum absolute atomic E-state index is 0.0621. The van der Waals surface area contributed by atoms with Gasteiger partial charge in [-0.1, -0.05) is 0 Å². The first kappa shape index (κ1) is 16.0. The van der Waals surface area contributed by atoms with Gasteiger partial charge in [-0.3, -0.25) is 4.79 Å². The molecule has 1 amide bonds. The molecule has 1 rings (SSSR count). The van der Waals surface area contributed by atoms with E-state index in [0.29, 0.717) is 17.9 Å². The van der Waals surface area contributed by atoms with Crippen LogP contribution in [0.2, 0.25) is 0 Å². The van der Waals surface area contributed by atoms with Gasteiger partial charge in [-0.25, -0.2) is 0 Å². The molecule has 20 heavy (non-hydrogen) atoms. The minimum atomic E-state index is -0.239. The molecule has 0 aliphatic heterocycles. The molecule has 1 aromatic carbocycles. The van der Waals surface area contributed by atoms with Gasteiger partial charge >= 0.3 is 0 Å². The maximum Gasteiger partial charge on any atom is 0.234 e.